The maximum absolute atomic E-state index is 13.1. The predicted octanol–water partition coefficient (Wildman–Crippen LogP) is 4.99. The van der Waals surface area contributed by atoms with Crippen molar-refractivity contribution in [2.24, 2.45) is 0 Å². The molecule has 0 aliphatic rings. The van der Waals surface area contributed by atoms with Crippen LogP contribution in [0.4, 0.5) is 10.1 Å². The molecule has 0 fully saturated rings. The molecule has 1 atom stereocenters. The molecule has 1 N–H and O–H groups in total. The first kappa shape index (κ1) is 16.0. The topological polar surface area (TPSA) is 29.1 Å². The molecule has 0 radical (unpaired) electrons. The molecule has 3 heteroatoms. The van der Waals surface area contributed by atoms with E-state index >= 15 is 0 Å². The molecule has 0 aliphatic carbocycles. The van der Waals surface area contributed by atoms with Gasteiger partial charge in [-0.3, -0.25) is 4.79 Å². The van der Waals surface area contributed by atoms with Gasteiger partial charge >= 0.3 is 0 Å². The van der Waals surface area contributed by atoms with Crippen LogP contribution < -0.4 is 5.32 Å². The highest BCUT2D eigenvalue weighted by atomic mass is 19.1. The van der Waals surface area contributed by atoms with Crippen molar-refractivity contribution in [3.8, 4) is 0 Å². The fourth-order valence-electron chi connectivity index (χ4n) is 2.22. The molecular formula is C19H20FNO. The van der Waals surface area contributed by atoms with Gasteiger partial charge in [0.15, 0.2) is 0 Å². The highest BCUT2D eigenvalue weighted by Gasteiger charge is 2.09. The van der Waals surface area contributed by atoms with Crippen molar-refractivity contribution in [1.82, 2.24) is 0 Å². The summed E-state index contributed by atoms with van der Waals surface area (Å²) in [6, 6.07) is 13.9. The molecule has 1 amide bonds. The molecule has 2 rings (SSSR count). The zero-order valence-electron chi connectivity index (χ0n) is 12.8. The number of benzene rings is 2. The number of para-hydroxylation sites is 1. The van der Waals surface area contributed by atoms with Crippen LogP contribution in [0.3, 0.4) is 0 Å². The van der Waals surface area contributed by atoms with E-state index in [4.69, 9.17) is 0 Å². The normalized spacial score (nSPS) is 12.3. The quantitative estimate of drug-likeness (QED) is 0.774. The van der Waals surface area contributed by atoms with E-state index in [1.165, 1.54) is 18.2 Å². The molecule has 114 valence electrons. The standard InChI is InChI=1S/C19H20FNO/c1-3-14(2)17-9-4-5-10-18(17)21-19(22)12-11-15-7-6-8-16(20)13-15/h4-14H,3H2,1-2H3,(H,21,22)/b12-11+/t14-/m0/s1. The minimum Gasteiger partial charge on any atom is -0.322 e. The second-order valence-corrected chi connectivity index (χ2v) is 5.27. The lowest BCUT2D eigenvalue weighted by Crippen LogP contribution is -2.10. The van der Waals surface area contributed by atoms with Crippen molar-refractivity contribution in [2.45, 2.75) is 26.2 Å². The first-order chi connectivity index (χ1) is 10.6. The lowest BCUT2D eigenvalue weighted by atomic mass is 9.97. The Kier molecular flexibility index (Phi) is 5.48. The third-order valence-electron chi connectivity index (χ3n) is 3.64. The van der Waals surface area contributed by atoms with E-state index in [1.807, 2.05) is 24.3 Å². The summed E-state index contributed by atoms with van der Waals surface area (Å²) in [4.78, 5) is 12.0. The summed E-state index contributed by atoms with van der Waals surface area (Å²) in [6.45, 7) is 4.25. The average molecular weight is 297 g/mol. The van der Waals surface area contributed by atoms with Crippen LogP contribution in [-0.4, -0.2) is 5.91 Å². The predicted molar refractivity (Wildman–Crippen MR) is 89.2 cm³/mol. The molecule has 0 unspecified atom stereocenters. The summed E-state index contributed by atoms with van der Waals surface area (Å²) in [7, 11) is 0. The number of halogens is 1. The largest absolute Gasteiger partial charge is 0.322 e. The van der Waals surface area contributed by atoms with Gasteiger partial charge in [0.05, 0.1) is 0 Å². The minimum absolute atomic E-state index is 0.222. The van der Waals surface area contributed by atoms with Crippen LogP contribution >= 0.6 is 0 Å². The average Bonchev–Trinajstić information content (AvgIpc) is 2.53. The van der Waals surface area contributed by atoms with Gasteiger partial charge in [-0.05, 0) is 47.7 Å². The molecule has 0 heterocycles. The summed E-state index contributed by atoms with van der Waals surface area (Å²) >= 11 is 0. The van der Waals surface area contributed by atoms with Crippen LogP contribution in [0.5, 0.6) is 0 Å². The Balaban J connectivity index is 2.09. The van der Waals surface area contributed by atoms with Crippen molar-refractivity contribution >= 4 is 17.7 Å². The Labute approximate surface area is 130 Å². The highest BCUT2D eigenvalue weighted by Crippen LogP contribution is 2.26. The molecule has 2 aromatic rings. The van der Waals surface area contributed by atoms with Crippen LogP contribution in [0.25, 0.3) is 6.08 Å². The number of hydrogen-bond acceptors (Lipinski definition) is 1. The maximum Gasteiger partial charge on any atom is 0.248 e. The molecule has 2 aromatic carbocycles. The van der Waals surface area contributed by atoms with Gasteiger partial charge in [-0.2, -0.15) is 0 Å². The van der Waals surface area contributed by atoms with E-state index in [0.29, 0.717) is 11.5 Å². The summed E-state index contributed by atoms with van der Waals surface area (Å²) in [5.41, 5.74) is 2.61. The molecule has 0 bridgehead atoms. The fraction of sp³-hybridized carbons (Fsp3) is 0.211. The zero-order chi connectivity index (χ0) is 15.9. The number of amides is 1. The van der Waals surface area contributed by atoms with E-state index in [2.05, 4.69) is 19.2 Å². The van der Waals surface area contributed by atoms with E-state index in [9.17, 15) is 9.18 Å². The first-order valence-electron chi connectivity index (χ1n) is 7.43. The Morgan fingerprint density at radius 3 is 2.73 bits per heavy atom. The van der Waals surface area contributed by atoms with Crippen LogP contribution in [0.15, 0.2) is 54.6 Å². The second kappa shape index (κ2) is 7.55. The third-order valence-corrected chi connectivity index (χ3v) is 3.64. The van der Waals surface area contributed by atoms with Crippen molar-refractivity contribution < 1.29 is 9.18 Å². The van der Waals surface area contributed by atoms with E-state index in [1.54, 1.807) is 18.2 Å². The van der Waals surface area contributed by atoms with Gasteiger partial charge in [0.1, 0.15) is 5.82 Å². The van der Waals surface area contributed by atoms with Gasteiger partial charge in [0.25, 0.3) is 0 Å². The maximum atomic E-state index is 13.1. The molecule has 0 saturated carbocycles. The first-order valence-corrected chi connectivity index (χ1v) is 7.43. The van der Waals surface area contributed by atoms with E-state index in [0.717, 1.165) is 17.7 Å². The number of carbonyl (C=O) groups is 1. The van der Waals surface area contributed by atoms with Crippen molar-refractivity contribution in [1.29, 1.82) is 0 Å². The lowest BCUT2D eigenvalue weighted by molar-refractivity contribution is -0.111. The Morgan fingerprint density at radius 2 is 2.00 bits per heavy atom. The smallest absolute Gasteiger partial charge is 0.248 e. The molecule has 2 nitrogen and oxygen atoms in total. The van der Waals surface area contributed by atoms with Gasteiger partial charge < -0.3 is 5.32 Å². The summed E-state index contributed by atoms with van der Waals surface area (Å²) < 4.78 is 13.1. The minimum atomic E-state index is -0.315. The van der Waals surface area contributed by atoms with Gasteiger partial charge in [-0.25, -0.2) is 4.39 Å². The number of nitrogens with one attached hydrogen (secondary N) is 1. The molecule has 0 aliphatic heterocycles. The second-order valence-electron chi connectivity index (χ2n) is 5.27. The number of rotatable bonds is 5. The van der Waals surface area contributed by atoms with Gasteiger partial charge in [-0.15, -0.1) is 0 Å². The van der Waals surface area contributed by atoms with Gasteiger partial charge in [0.2, 0.25) is 5.91 Å². The fourth-order valence-corrected chi connectivity index (χ4v) is 2.22. The van der Waals surface area contributed by atoms with Gasteiger partial charge in [0, 0.05) is 11.8 Å². The summed E-state index contributed by atoms with van der Waals surface area (Å²) in [5, 5.41) is 2.89. The van der Waals surface area contributed by atoms with Crippen molar-refractivity contribution in [3.63, 3.8) is 0 Å². The van der Waals surface area contributed by atoms with Gasteiger partial charge in [-0.1, -0.05) is 44.2 Å². The highest BCUT2D eigenvalue weighted by molar-refractivity contribution is 6.02. The van der Waals surface area contributed by atoms with E-state index in [-0.39, 0.29) is 11.7 Å². The summed E-state index contributed by atoms with van der Waals surface area (Å²) in [5.74, 6) is -0.159. The van der Waals surface area contributed by atoms with Crippen LogP contribution in [0.1, 0.15) is 37.3 Å². The molecule has 0 spiro atoms. The van der Waals surface area contributed by atoms with Crippen molar-refractivity contribution in [3.05, 3.63) is 71.6 Å². The molecule has 0 saturated heterocycles. The number of carbonyl (C=O) groups excluding carboxylic acids is 1. The zero-order valence-corrected chi connectivity index (χ0v) is 12.8. The molecule has 22 heavy (non-hydrogen) atoms. The monoisotopic (exact) mass is 297 g/mol. The Bertz CT molecular complexity index is 679. The lowest BCUT2D eigenvalue weighted by Gasteiger charge is -2.14. The number of anilines is 1. The Morgan fingerprint density at radius 1 is 1.23 bits per heavy atom. The molecule has 0 aromatic heterocycles. The summed E-state index contributed by atoms with van der Waals surface area (Å²) in [6.07, 6.45) is 4.03. The van der Waals surface area contributed by atoms with Crippen molar-refractivity contribution in [2.75, 3.05) is 5.32 Å². The van der Waals surface area contributed by atoms with E-state index < -0.39 is 0 Å². The third kappa shape index (κ3) is 4.29. The van der Waals surface area contributed by atoms with Crippen LogP contribution in [0, 0.1) is 5.82 Å². The number of hydrogen-bond donors (Lipinski definition) is 1. The van der Waals surface area contributed by atoms with Crippen LogP contribution in [0.2, 0.25) is 0 Å². The molecular weight excluding hydrogens is 277 g/mol. The Hall–Kier alpha value is -2.42. The van der Waals surface area contributed by atoms with Crippen LogP contribution in [-0.2, 0) is 4.79 Å². The SMILES string of the molecule is CC[C@H](C)c1ccccc1NC(=O)/C=C/c1cccc(F)c1.